The molecule has 0 bridgehead atoms. The summed E-state index contributed by atoms with van der Waals surface area (Å²) in [5, 5.41) is 12.4. The molecule has 4 nitrogen and oxygen atoms in total. The van der Waals surface area contributed by atoms with E-state index in [1.54, 1.807) is 19.2 Å². The van der Waals surface area contributed by atoms with Crippen LogP contribution in [0.15, 0.2) is 12.1 Å². The fraction of sp³-hybridized carbons (Fsp3) is 0.333. The number of benzene rings is 1. The molecule has 0 saturated heterocycles. The molecule has 0 aliphatic carbocycles. The summed E-state index contributed by atoms with van der Waals surface area (Å²) < 4.78 is 5.01. The van der Waals surface area contributed by atoms with Crippen molar-refractivity contribution in [3.05, 3.63) is 12.1 Å². The summed E-state index contributed by atoms with van der Waals surface area (Å²) in [4.78, 5) is 0. The maximum Gasteiger partial charge on any atom is 0.144 e. The summed E-state index contributed by atoms with van der Waals surface area (Å²) >= 11 is 0. The zero-order valence-electron chi connectivity index (χ0n) is 7.79. The lowest BCUT2D eigenvalue weighted by Gasteiger charge is -2.12. The number of nitrogens with one attached hydrogen (secondary N) is 1. The molecule has 0 fully saturated rings. The van der Waals surface area contributed by atoms with Gasteiger partial charge >= 0.3 is 0 Å². The number of ether oxygens (including phenoxy) is 1. The Morgan fingerprint density at radius 1 is 1.54 bits per heavy atom. The van der Waals surface area contributed by atoms with Crippen LogP contribution in [0.4, 0.5) is 11.4 Å². The number of hydrogen-bond donors (Lipinski definition) is 3. The summed E-state index contributed by atoms with van der Waals surface area (Å²) in [5.74, 6) is 0.703. The maximum atomic E-state index is 9.44. The van der Waals surface area contributed by atoms with Crippen LogP contribution in [0.25, 0.3) is 0 Å². The van der Waals surface area contributed by atoms with Crippen LogP contribution >= 0.6 is 0 Å². The van der Waals surface area contributed by atoms with E-state index in [-0.39, 0.29) is 5.75 Å². The second kappa shape index (κ2) is 3.89. The number of phenols is 1. The standard InChI is InChI=1S/C9H14N2O2/c1-3-11-9-6(12)4-5-7(13-2)8(9)10/h4-5,11-12H,3,10H2,1-2H3. The van der Waals surface area contributed by atoms with E-state index in [1.165, 1.54) is 0 Å². The average Bonchev–Trinajstić information content (AvgIpc) is 2.12. The molecule has 0 atom stereocenters. The van der Waals surface area contributed by atoms with E-state index in [1.807, 2.05) is 6.92 Å². The van der Waals surface area contributed by atoms with Gasteiger partial charge in [0.25, 0.3) is 0 Å². The third-order valence-electron chi connectivity index (χ3n) is 1.76. The summed E-state index contributed by atoms with van der Waals surface area (Å²) in [6.07, 6.45) is 0. The largest absolute Gasteiger partial charge is 0.506 e. The fourth-order valence-electron chi connectivity index (χ4n) is 1.13. The van der Waals surface area contributed by atoms with Crippen LogP contribution in [0.5, 0.6) is 11.5 Å². The Kier molecular flexibility index (Phi) is 2.84. The van der Waals surface area contributed by atoms with Crippen LogP contribution in [0.1, 0.15) is 6.92 Å². The van der Waals surface area contributed by atoms with Gasteiger partial charge in [-0.3, -0.25) is 0 Å². The zero-order valence-corrected chi connectivity index (χ0v) is 7.79. The van der Waals surface area contributed by atoms with Crippen LogP contribution < -0.4 is 15.8 Å². The van der Waals surface area contributed by atoms with Gasteiger partial charge in [0.05, 0.1) is 7.11 Å². The molecule has 1 aromatic carbocycles. The van der Waals surface area contributed by atoms with Gasteiger partial charge < -0.3 is 20.9 Å². The van der Waals surface area contributed by atoms with Gasteiger partial charge in [-0.05, 0) is 19.1 Å². The van der Waals surface area contributed by atoms with Crippen molar-refractivity contribution < 1.29 is 9.84 Å². The van der Waals surface area contributed by atoms with Gasteiger partial charge in [0.2, 0.25) is 0 Å². The highest BCUT2D eigenvalue weighted by molar-refractivity contribution is 5.78. The minimum atomic E-state index is 0.139. The number of rotatable bonds is 3. The smallest absolute Gasteiger partial charge is 0.144 e. The van der Waals surface area contributed by atoms with E-state index < -0.39 is 0 Å². The van der Waals surface area contributed by atoms with Crippen molar-refractivity contribution in [2.75, 3.05) is 24.7 Å². The highest BCUT2D eigenvalue weighted by atomic mass is 16.5. The van der Waals surface area contributed by atoms with Crippen LogP contribution in [0.2, 0.25) is 0 Å². The highest BCUT2D eigenvalue weighted by Crippen LogP contribution is 2.36. The molecule has 13 heavy (non-hydrogen) atoms. The van der Waals surface area contributed by atoms with Gasteiger partial charge in [0, 0.05) is 6.54 Å². The molecule has 0 heterocycles. The van der Waals surface area contributed by atoms with Crippen molar-refractivity contribution in [1.82, 2.24) is 0 Å². The predicted octanol–water partition coefficient (Wildman–Crippen LogP) is 1.41. The molecule has 0 aliphatic rings. The monoisotopic (exact) mass is 182 g/mol. The number of aromatic hydroxyl groups is 1. The Hall–Kier alpha value is -1.58. The topological polar surface area (TPSA) is 67.5 Å². The molecule has 1 rings (SSSR count). The molecular formula is C9H14N2O2. The molecule has 0 spiro atoms. The van der Waals surface area contributed by atoms with Crippen molar-refractivity contribution in [3.63, 3.8) is 0 Å². The number of methoxy groups -OCH3 is 1. The Labute approximate surface area is 77.3 Å². The first-order chi connectivity index (χ1) is 6.20. The first-order valence-corrected chi connectivity index (χ1v) is 4.10. The van der Waals surface area contributed by atoms with Crippen molar-refractivity contribution in [2.45, 2.75) is 6.92 Å². The van der Waals surface area contributed by atoms with Gasteiger partial charge in [-0.15, -0.1) is 0 Å². The molecule has 0 radical (unpaired) electrons. The molecule has 72 valence electrons. The summed E-state index contributed by atoms with van der Waals surface area (Å²) in [6.45, 7) is 2.63. The van der Waals surface area contributed by atoms with Crippen LogP contribution in [0.3, 0.4) is 0 Å². The Balaban J connectivity index is 3.13. The number of phenolic OH excluding ortho intramolecular Hbond substituents is 1. The Bertz CT molecular complexity index is 300. The highest BCUT2D eigenvalue weighted by Gasteiger charge is 2.09. The summed E-state index contributed by atoms with van der Waals surface area (Å²) in [6, 6.07) is 3.18. The lowest BCUT2D eigenvalue weighted by molar-refractivity contribution is 0.415. The van der Waals surface area contributed by atoms with E-state index in [0.717, 1.165) is 0 Å². The molecule has 0 saturated carbocycles. The lowest BCUT2D eigenvalue weighted by atomic mass is 10.2. The summed E-state index contributed by atoms with van der Waals surface area (Å²) in [5.41, 5.74) is 6.70. The predicted molar refractivity (Wildman–Crippen MR) is 53.2 cm³/mol. The molecule has 4 N–H and O–H groups in total. The molecule has 0 aliphatic heterocycles. The first-order valence-electron chi connectivity index (χ1n) is 4.10. The van der Waals surface area contributed by atoms with E-state index in [9.17, 15) is 5.11 Å². The minimum Gasteiger partial charge on any atom is -0.506 e. The number of anilines is 2. The molecule has 0 amide bonds. The second-order valence-corrected chi connectivity index (χ2v) is 2.61. The Morgan fingerprint density at radius 3 is 2.77 bits per heavy atom. The number of hydrogen-bond acceptors (Lipinski definition) is 4. The third-order valence-corrected chi connectivity index (χ3v) is 1.76. The number of nitrogen functional groups attached to an aromatic ring is 1. The van der Waals surface area contributed by atoms with E-state index in [0.29, 0.717) is 23.7 Å². The average molecular weight is 182 g/mol. The van der Waals surface area contributed by atoms with Gasteiger partial charge in [0.1, 0.15) is 22.9 Å². The van der Waals surface area contributed by atoms with Crippen molar-refractivity contribution in [2.24, 2.45) is 0 Å². The molecular weight excluding hydrogens is 168 g/mol. The molecule has 1 aromatic rings. The normalized spacial score (nSPS) is 9.69. The van der Waals surface area contributed by atoms with Gasteiger partial charge in [-0.2, -0.15) is 0 Å². The van der Waals surface area contributed by atoms with Crippen LogP contribution in [0, 0.1) is 0 Å². The van der Waals surface area contributed by atoms with Crippen molar-refractivity contribution in [1.29, 1.82) is 0 Å². The zero-order chi connectivity index (χ0) is 9.84. The molecule has 4 heteroatoms. The SMILES string of the molecule is CCNc1c(O)ccc(OC)c1N. The van der Waals surface area contributed by atoms with Crippen molar-refractivity contribution >= 4 is 11.4 Å². The molecule has 0 unspecified atom stereocenters. The quantitative estimate of drug-likeness (QED) is 0.488. The van der Waals surface area contributed by atoms with Gasteiger partial charge in [-0.1, -0.05) is 0 Å². The first kappa shape index (κ1) is 9.51. The third kappa shape index (κ3) is 1.77. The van der Waals surface area contributed by atoms with Crippen molar-refractivity contribution in [3.8, 4) is 11.5 Å². The lowest BCUT2D eigenvalue weighted by Crippen LogP contribution is -2.02. The van der Waals surface area contributed by atoms with Gasteiger partial charge in [-0.25, -0.2) is 0 Å². The summed E-state index contributed by atoms with van der Waals surface area (Å²) in [7, 11) is 1.54. The number of nitrogens with two attached hydrogens (primary N) is 1. The fourth-order valence-corrected chi connectivity index (χ4v) is 1.13. The van der Waals surface area contributed by atoms with E-state index >= 15 is 0 Å². The molecule has 0 aromatic heterocycles. The van der Waals surface area contributed by atoms with Gasteiger partial charge in [0.15, 0.2) is 0 Å². The second-order valence-electron chi connectivity index (χ2n) is 2.61. The van der Waals surface area contributed by atoms with Crippen LogP contribution in [-0.2, 0) is 0 Å². The minimum absolute atomic E-state index is 0.139. The van der Waals surface area contributed by atoms with Crippen LogP contribution in [-0.4, -0.2) is 18.8 Å². The van der Waals surface area contributed by atoms with E-state index in [4.69, 9.17) is 10.5 Å². The van der Waals surface area contributed by atoms with E-state index in [2.05, 4.69) is 5.32 Å². The maximum absolute atomic E-state index is 9.44. The Morgan fingerprint density at radius 2 is 2.23 bits per heavy atom.